The molecule has 0 bridgehead atoms. The number of hydrazone groups is 1. The molecule has 0 aromatic carbocycles. The van der Waals surface area contributed by atoms with Crippen LogP contribution >= 0.6 is 12.8 Å². The molecular weight excluding hydrogens is 124 g/mol. The predicted octanol–water partition coefficient (Wildman–Crippen LogP) is -1.03. The number of rotatable bonds is 1. The Labute approximate surface area is 53.3 Å². The Bertz CT molecular complexity index is 112. The van der Waals surface area contributed by atoms with E-state index in [1.54, 1.807) is 0 Å². The minimum absolute atomic E-state index is 0.455. The van der Waals surface area contributed by atoms with Gasteiger partial charge < -0.3 is 11.1 Å². The summed E-state index contributed by atoms with van der Waals surface area (Å²) in [5, 5.41) is 6.82. The second kappa shape index (κ2) is 2.23. The van der Waals surface area contributed by atoms with Crippen molar-refractivity contribution < 1.29 is 0 Å². The molecule has 1 heterocycles. The summed E-state index contributed by atoms with van der Waals surface area (Å²) < 4.78 is 1.50. The van der Waals surface area contributed by atoms with Gasteiger partial charge in [0.05, 0.1) is 6.54 Å². The number of amidine groups is 1. The molecule has 0 amide bonds. The highest BCUT2D eigenvalue weighted by Crippen LogP contribution is 1.96. The van der Waals surface area contributed by atoms with E-state index in [-0.39, 0.29) is 0 Å². The SMILES string of the molecule is NCC1=NN(S)CN1. The minimum Gasteiger partial charge on any atom is -0.351 e. The van der Waals surface area contributed by atoms with E-state index in [2.05, 4.69) is 23.2 Å². The topological polar surface area (TPSA) is 53.6 Å². The van der Waals surface area contributed by atoms with Gasteiger partial charge in [0, 0.05) is 0 Å². The molecule has 46 valence electrons. The Morgan fingerprint density at radius 3 is 3.00 bits per heavy atom. The van der Waals surface area contributed by atoms with Gasteiger partial charge in [0.2, 0.25) is 0 Å². The molecule has 0 saturated heterocycles. The van der Waals surface area contributed by atoms with Gasteiger partial charge in [-0.05, 0) is 12.8 Å². The fourth-order valence-electron chi connectivity index (χ4n) is 0.485. The molecular formula is C3H8N4S. The third kappa shape index (κ3) is 1.05. The Morgan fingerprint density at radius 2 is 2.75 bits per heavy atom. The van der Waals surface area contributed by atoms with Crippen LogP contribution in [0.3, 0.4) is 0 Å². The van der Waals surface area contributed by atoms with E-state index in [0.29, 0.717) is 13.2 Å². The molecule has 3 N–H and O–H groups in total. The Hall–Kier alpha value is -0.420. The van der Waals surface area contributed by atoms with Crippen molar-refractivity contribution in [3.63, 3.8) is 0 Å². The van der Waals surface area contributed by atoms with Gasteiger partial charge in [-0.2, -0.15) is 5.10 Å². The third-order valence-corrected chi connectivity index (χ3v) is 1.08. The lowest BCUT2D eigenvalue weighted by molar-refractivity contribution is 0.542. The third-order valence-electron chi connectivity index (χ3n) is 0.854. The maximum Gasteiger partial charge on any atom is 0.138 e. The Balaban J connectivity index is 2.44. The van der Waals surface area contributed by atoms with Crippen LogP contribution in [0.25, 0.3) is 0 Å². The lowest BCUT2D eigenvalue weighted by Crippen LogP contribution is -2.26. The largest absolute Gasteiger partial charge is 0.351 e. The highest BCUT2D eigenvalue weighted by molar-refractivity contribution is 7.77. The van der Waals surface area contributed by atoms with Crippen molar-refractivity contribution in [1.82, 2.24) is 9.73 Å². The lowest BCUT2D eigenvalue weighted by Gasteiger charge is -1.97. The molecule has 0 fully saturated rings. The van der Waals surface area contributed by atoms with Crippen LogP contribution in [0, 0.1) is 0 Å². The normalized spacial score (nSPS) is 18.2. The van der Waals surface area contributed by atoms with Crippen LogP contribution < -0.4 is 11.1 Å². The molecule has 0 unspecified atom stereocenters. The molecule has 0 aliphatic carbocycles. The summed E-state index contributed by atoms with van der Waals surface area (Å²) in [4.78, 5) is 0. The molecule has 0 aromatic rings. The van der Waals surface area contributed by atoms with Crippen LogP contribution in [0.15, 0.2) is 5.10 Å². The van der Waals surface area contributed by atoms with Crippen LogP contribution in [0.4, 0.5) is 0 Å². The molecule has 0 spiro atoms. The maximum atomic E-state index is 5.24. The molecule has 0 aromatic heterocycles. The highest BCUT2D eigenvalue weighted by atomic mass is 32.1. The van der Waals surface area contributed by atoms with E-state index >= 15 is 0 Å². The minimum atomic E-state index is 0.455. The lowest BCUT2D eigenvalue weighted by atomic mass is 10.6. The Morgan fingerprint density at radius 1 is 2.00 bits per heavy atom. The fourth-order valence-corrected chi connectivity index (χ4v) is 0.664. The average molecular weight is 132 g/mol. The molecule has 0 atom stereocenters. The second-order valence-electron chi connectivity index (χ2n) is 1.46. The first-order valence-corrected chi connectivity index (χ1v) is 2.71. The van der Waals surface area contributed by atoms with Gasteiger partial charge in [-0.15, -0.1) is 0 Å². The predicted molar refractivity (Wildman–Crippen MR) is 35.3 cm³/mol. The van der Waals surface area contributed by atoms with Crippen molar-refractivity contribution in [3.8, 4) is 0 Å². The molecule has 4 nitrogen and oxygen atoms in total. The van der Waals surface area contributed by atoms with Gasteiger partial charge in [0.1, 0.15) is 12.5 Å². The van der Waals surface area contributed by atoms with Gasteiger partial charge in [0.15, 0.2) is 0 Å². The number of nitrogens with zero attached hydrogens (tertiary/aromatic N) is 2. The zero-order chi connectivity index (χ0) is 5.98. The van der Waals surface area contributed by atoms with E-state index in [1.165, 1.54) is 4.41 Å². The van der Waals surface area contributed by atoms with Crippen LogP contribution in [0.5, 0.6) is 0 Å². The van der Waals surface area contributed by atoms with Crippen molar-refractivity contribution in [1.29, 1.82) is 0 Å². The molecule has 8 heavy (non-hydrogen) atoms. The number of nitrogens with two attached hydrogens (primary N) is 1. The van der Waals surface area contributed by atoms with Crippen LogP contribution in [-0.2, 0) is 0 Å². The van der Waals surface area contributed by atoms with Gasteiger partial charge in [-0.3, -0.25) is 0 Å². The molecule has 1 rings (SSSR count). The first-order valence-electron chi connectivity index (χ1n) is 2.31. The van der Waals surface area contributed by atoms with Crippen molar-refractivity contribution in [2.75, 3.05) is 13.2 Å². The summed E-state index contributed by atoms with van der Waals surface area (Å²) >= 11 is 3.93. The summed E-state index contributed by atoms with van der Waals surface area (Å²) in [6, 6.07) is 0. The van der Waals surface area contributed by atoms with Gasteiger partial charge >= 0.3 is 0 Å². The average Bonchev–Trinajstić information content (AvgIpc) is 2.14. The van der Waals surface area contributed by atoms with Crippen molar-refractivity contribution in [2.45, 2.75) is 0 Å². The number of nitrogens with one attached hydrogen (secondary N) is 1. The Kier molecular flexibility index (Phi) is 1.59. The van der Waals surface area contributed by atoms with E-state index in [9.17, 15) is 0 Å². The zero-order valence-corrected chi connectivity index (χ0v) is 5.23. The maximum absolute atomic E-state index is 5.24. The van der Waals surface area contributed by atoms with Crippen molar-refractivity contribution in [3.05, 3.63) is 0 Å². The van der Waals surface area contributed by atoms with Gasteiger partial charge in [-0.1, -0.05) is 0 Å². The van der Waals surface area contributed by atoms with Crippen LogP contribution in [0.2, 0.25) is 0 Å². The summed E-state index contributed by atoms with van der Waals surface area (Å²) in [5.74, 6) is 0.792. The van der Waals surface area contributed by atoms with Crippen LogP contribution in [0.1, 0.15) is 0 Å². The zero-order valence-electron chi connectivity index (χ0n) is 4.33. The summed E-state index contributed by atoms with van der Waals surface area (Å²) in [7, 11) is 0. The summed E-state index contributed by atoms with van der Waals surface area (Å²) in [6.07, 6.45) is 0. The molecule has 5 heteroatoms. The molecule has 1 aliphatic heterocycles. The molecule has 1 aliphatic rings. The highest BCUT2D eigenvalue weighted by Gasteiger charge is 2.05. The van der Waals surface area contributed by atoms with Crippen molar-refractivity contribution in [2.24, 2.45) is 10.8 Å². The van der Waals surface area contributed by atoms with Crippen molar-refractivity contribution >= 4 is 18.7 Å². The number of thiol groups is 1. The quantitative estimate of drug-likeness (QED) is 0.400. The number of hydrogen-bond donors (Lipinski definition) is 3. The summed E-state index contributed by atoms with van der Waals surface area (Å²) in [6.45, 7) is 1.10. The standard InChI is InChI=1S/C3H8N4S/c4-1-3-5-2-7(8)6-3/h8H,1-2,4H2,(H,5,6). The molecule has 0 radical (unpaired) electrons. The first-order chi connectivity index (χ1) is 3.83. The molecule has 0 saturated carbocycles. The second-order valence-corrected chi connectivity index (χ2v) is 1.92. The fraction of sp³-hybridized carbons (Fsp3) is 0.667. The van der Waals surface area contributed by atoms with Gasteiger partial charge in [-0.25, -0.2) is 4.41 Å². The van der Waals surface area contributed by atoms with E-state index in [0.717, 1.165) is 5.84 Å². The van der Waals surface area contributed by atoms with Gasteiger partial charge in [0.25, 0.3) is 0 Å². The van der Waals surface area contributed by atoms with E-state index < -0.39 is 0 Å². The smallest absolute Gasteiger partial charge is 0.138 e. The van der Waals surface area contributed by atoms with E-state index in [1.807, 2.05) is 0 Å². The first kappa shape index (κ1) is 5.71. The van der Waals surface area contributed by atoms with Crippen LogP contribution in [-0.4, -0.2) is 23.5 Å². The van der Waals surface area contributed by atoms with E-state index in [4.69, 9.17) is 5.73 Å². The monoisotopic (exact) mass is 132 g/mol. The summed E-state index contributed by atoms with van der Waals surface area (Å²) in [5.41, 5.74) is 5.24. The number of hydrogen-bond acceptors (Lipinski definition) is 5.